The molecule has 0 spiro atoms. The van der Waals surface area contributed by atoms with Gasteiger partial charge in [-0.15, -0.1) is 0 Å². The molecule has 82 heteroatoms. The van der Waals surface area contributed by atoms with Crippen LogP contribution in [-0.4, -0.2) is 332 Å². The van der Waals surface area contributed by atoms with Crippen molar-refractivity contribution in [2.75, 3.05) is 60.4 Å². The smallest absolute Gasteiger partial charge is 0.368 e. The highest BCUT2D eigenvalue weighted by Gasteiger charge is 2.65. The van der Waals surface area contributed by atoms with E-state index in [0.717, 1.165) is 36.4 Å². The highest BCUT2D eigenvalue weighted by Crippen LogP contribution is 2.75. The Bertz CT molecular complexity index is 4800. The molecule has 46 N–H and O–H groups in total. The van der Waals surface area contributed by atoms with Crippen LogP contribution in [0.25, 0.3) is 5.65 Å². The Kier molecular flexibility index (Phi) is 53.6. The SMILES string of the molecule is CCCCCN(C)CCC(O)(P(=O)(O)O)P(=O)(O)O.CN(C)CCC(O)(P(=O)(O)O)P(=O)(O)O.NCCC(O)(P(=O)(O)O)P(=O)(O)O.NCCCC(O)(P(=O)(O)O)P(=O)(O)O.NCCCCCC(O)(P(=O)(O)O)P(=O)(O)O.O=P(O)(O)C(O)(Cc1cccnc1)P(=O)(O)O.O=P(O)(O)C(O)(Cc1cnc2ccccn12)P(=O)(O)O.O=P(O)(O)C(O)(Cn1ccnc1)P(=O)(O)O. The quantitative estimate of drug-likeness (QED) is 0.0145. The second-order valence-corrected chi connectivity index (χ2v) is 59.4. The molecule has 0 bridgehead atoms. The van der Waals surface area contributed by atoms with Crippen LogP contribution < -0.4 is 17.2 Å². The van der Waals surface area contributed by atoms with E-state index >= 15 is 0 Å². The van der Waals surface area contributed by atoms with Gasteiger partial charge in [0.2, 0.25) is 0 Å². The molecule has 0 atom stereocenters. The summed E-state index contributed by atoms with van der Waals surface area (Å²) in [7, 11) is -80.9. The van der Waals surface area contributed by atoms with Gasteiger partial charge in [0, 0.05) is 94.5 Å². The van der Waals surface area contributed by atoms with Crippen molar-refractivity contribution < 1.29 is 270 Å². The lowest BCUT2D eigenvalue weighted by atomic mass is 10.2. The van der Waals surface area contributed by atoms with Gasteiger partial charge >= 0.3 is 122 Å². The number of pyridine rings is 2. The standard InChI is InChI=1S/C9H12N2O7P2.C9H23NO7P2.C7H11NO7P2.C6H17NO7P2.C5H10N2O7P2.C5H15NO7P2.C4H13NO7P2.C3H11NO7P2/c12-9(19(13,14)15,20(16,17)18)5-7-6-10-8-3-1-2-4-11(7)8;1-3-4-5-7-10(2)8-6-9(11,18(12,13)14)19(15,16)17;9-7(16(10,11)12,17(13,14)15)4-6-2-1-3-8-5-6;7-5-3-1-2-4-6(8,15(9,10)11)16(12,13)14;8-5(15(9,10)11,16(12,13)14)3-7-2-1-6-4-7;1-6(2)4-3-5(7,14(8,9)10)15(11,12)13;5-3-1-2-4(6,13(7,8)9)14(10,11)12;4-2-1-3(5,12(6,7)8)13(9,10)11/h1-4,6,12H,5H2,(H2,13,14,15)(H2,16,17,18);11H,3-8H2,1-2H3,(H2,12,13,14)(H2,15,16,17);1-3,5,9H,4H2,(H2,10,11,12)(H2,13,14,15);8H,1-5,7H2,(H2,9,10,11)(H2,12,13,14);1-2,4,8H,3H2,(H2,9,10,11)(H2,12,13,14);7H,3-4H2,1-2H3,(H2,8,9,10)(H2,11,12,13);6H,1-3,5H2,(H2,7,8,9)(H2,10,11,12);5H,1-2,4H2,(H2,6,7,8)(H2,9,10,11). The van der Waals surface area contributed by atoms with Crippen LogP contribution in [0.1, 0.15) is 95.2 Å². The first-order valence-corrected chi connectivity index (χ1v) is 60.5. The van der Waals surface area contributed by atoms with Gasteiger partial charge in [-0.2, -0.15) is 0 Å². The summed E-state index contributed by atoms with van der Waals surface area (Å²) in [4.78, 5) is 296. The summed E-state index contributed by atoms with van der Waals surface area (Å²) in [5.74, 6) is 0. The van der Waals surface area contributed by atoms with Crippen molar-refractivity contribution in [1.82, 2.24) is 33.7 Å². The molecule has 770 valence electrons. The van der Waals surface area contributed by atoms with E-state index in [1.807, 2.05) is 6.92 Å². The molecule has 0 fully saturated rings. The zero-order valence-electron chi connectivity index (χ0n) is 67.7. The summed E-state index contributed by atoms with van der Waals surface area (Å²) in [6, 6.07) is 7.62. The highest BCUT2D eigenvalue weighted by atomic mass is 31.3. The van der Waals surface area contributed by atoms with E-state index in [1.54, 1.807) is 44.2 Å². The lowest BCUT2D eigenvalue weighted by Crippen LogP contribution is -2.34. The van der Waals surface area contributed by atoms with Gasteiger partial charge in [0.1, 0.15) is 5.65 Å². The molecule has 0 aromatic carbocycles. The molecule has 0 saturated heterocycles. The van der Waals surface area contributed by atoms with Gasteiger partial charge < -0.3 is 233 Å². The number of fused-ring (bicyclic) bond motifs is 1. The van der Waals surface area contributed by atoms with Crippen LogP contribution in [0.4, 0.5) is 0 Å². The lowest BCUT2D eigenvalue weighted by molar-refractivity contribution is 0.112. The molecule has 0 aliphatic carbocycles. The van der Waals surface area contributed by atoms with Gasteiger partial charge in [-0.3, -0.25) is 78.0 Å². The summed E-state index contributed by atoms with van der Waals surface area (Å²) in [5.41, 5.74) is 15.6. The molecular weight excluding hydrogens is 2110 g/mol. The van der Waals surface area contributed by atoms with Crippen LogP contribution in [0.5, 0.6) is 0 Å². The van der Waals surface area contributed by atoms with Gasteiger partial charge in [-0.25, -0.2) is 9.97 Å². The van der Waals surface area contributed by atoms with Gasteiger partial charge in [0.25, 0.3) is 40.7 Å². The number of hydrogen-bond acceptors (Lipinski definition) is 32. The molecule has 4 aromatic heterocycles. The zero-order chi connectivity index (χ0) is 104. The maximum Gasteiger partial charge on any atom is 0.371 e. The van der Waals surface area contributed by atoms with Crippen LogP contribution in [0, 0.1) is 0 Å². The topological polar surface area (TPSA) is 1210 Å². The van der Waals surface area contributed by atoms with E-state index in [1.165, 1.54) is 52.4 Å². The molecule has 4 rings (SSSR count). The molecular formula is C48H112N10O56P16. The molecule has 0 amide bonds. The van der Waals surface area contributed by atoms with Crippen LogP contribution in [0.2, 0.25) is 0 Å². The molecule has 4 aromatic rings. The van der Waals surface area contributed by atoms with E-state index in [4.69, 9.17) is 179 Å². The van der Waals surface area contributed by atoms with Crippen molar-refractivity contribution in [1.29, 1.82) is 0 Å². The average Bonchev–Trinajstić information content (AvgIpc) is 1.29. The fourth-order valence-corrected chi connectivity index (χ4v) is 26.1. The van der Waals surface area contributed by atoms with Crippen molar-refractivity contribution in [3.63, 3.8) is 0 Å². The minimum atomic E-state index is -5.48. The molecule has 130 heavy (non-hydrogen) atoms. The normalized spacial score (nSPS) is 14.2. The Morgan fingerprint density at radius 2 is 0.662 bits per heavy atom. The maximum absolute atomic E-state index is 11.3. The number of rotatable bonds is 42. The number of nitrogens with two attached hydrogens (primary N) is 3. The Morgan fingerprint density at radius 3 is 0.962 bits per heavy atom. The van der Waals surface area contributed by atoms with Gasteiger partial charge in [0.15, 0.2) is 0 Å². The molecule has 0 saturated carbocycles. The fraction of sp³-hybridized carbons (Fsp3) is 0.688. The van der Waals surface area contributed by atoms with E-state index in [2.05, 4.69) is 15.0 Å². The van der Waals surface area contributed by atoms with Gasteiger partial charge in [-0.05, 0) is 103 Å². The van der Waals surface area contributed by atoms with Gasteiger partial charge in [-0.1, -0.05) is 38.3 Å². The molecule has 66 nitrogen and oxygen atoms in total. The van der Waals surface area contributed by atoms with Crippen molar-refractivity contribution in [3.05, 3.63) is 85.1 Å². The number of hydrogen-bond donors (Lipinski definition) is 43. The van der Waals surface area contributed by atoms with Crippen LogP contribution in [-0.2, 0) is 92.4 Å². The molecule has 4 heterocycles. The van der Waals surface area contributed by atoms with Gasteiger partial charge in [0.05, 0.1) is 12.9 Å². The van der Waals surface area contributed by atoms with Crippen molar-refractivity contribution >= 4 is 127 Å². The number of nitrogens with zero attached hydrogens (tertiary/aromatic N) is 7. The molecule has 0 unspecified atom stereocenters. The van der Waals surface area contributed by atoms with E-state index in [9.17, 15) is 109 Å². The Balaban J connectivity index is -0.000000700. The Morgan fingerprint density at radius 1 is 0.323 bits per heavy atom. The van der Waals surface area contributed by atoms with Crippen LogP contribution in [0.3, 0.4) is 0 Å². The minimum absolute atomic E-state index is 0.0174. The van der Waals surface area contributed by atoms with Crippen LogP contribution >= 0.6 is 122 Å². The zero-order valence-corrected chi connectivity index (χ0v) is 82.0. The second kappa shape index (κ2) is 51.6. The third-order valence-electron chi connectivity index (χ3n) is 16.8. The first-order chi connectivity index (χ1) is 57.3. The summed E-state index contributed by atoms with van der Waals surface area (Å²) in [6.07, 6.45) is 7.02. The fourth-order valence-electron chi connectivity index (χ4n) is 8.84. The van der Waals surface area contributed by atoms with E-state index in [0.29, 0.717) is 31.6 Å². The summed E-state index contributed by atoms with van der Waals surface area (Å²) in [5, 5.41) is 48.8. The maximum atomic E-state index is 11.3. The largest absolute Gasteiger partial charge is 0.371 e. The number of imidazole rings is 2. The lowest BCUT2D eigenvalue weighted by Gasteiger charge is -2.30. The van der Waals surface area contributed by atoms with Crippen molar-refractivity contribution in [2.24, 2.45) is 17.2 Å². The van der Waals surface area contributed by atoms with Crippen LogP contribution in [0.15, 0.2) is 73.8 Å². The summed E-state index contributed by atoms with van der Waals surface area (Å²) < 4.78 is 177. The molecule has 0 aliphatic heterocycles. The number of aromatic nitrogens is 5. The summed E-state index contributed by atoms with van der Waals surface area (Å²) >= 11 is 0. The third kappa shape index (κ3) is 39.4. The molecule has 0 radical (unpaired) electrons. The number of aliphatic hydroxyl groups is 8. The predicted octanol–water partition coefficient (Wildman–Crippen LogP) is -5.60. The molecule has 0 aliphatic rings. The van der Waals surface area contributed by atoms with E-state index < -0.39 is 220 Å². The Labute approximate surface area is 735 Å². The predicted molar refractivity (Wildman–Crippen MR) is 446 cm³/mol. The van der Waals surface area contributed by atoms with Crippen molar-refractivity contribution in [2.45, 2.75) is 144 Å². The number of unbranched alkanes of at least 4 members (excludes halogenated alkanes) is 4. The first kappa shape index (κ1) is 135. The van der Waals surface area contributed by atoms with E-state index in [-0.39, 0.29) is 43.7 Å². The van der Waals surface area contributed by atoms with Crippen molar-refractivity contribution in [3.8, 4) is 0 Å². The third-order valence-corrected chi connectivity index (χ3v) is 47.4. The highest BCUT2D eigenvalue weighted by molar-refractivity contribution is 7.75. The minimum Gasteiger partial charge on any atom is -0.368 e. The second-order valence-electron chi connectivity index (χ2n) is 27.4. The average molecular weight is 2220 g/mol. The Hall–Kier alpha value is -1.07. The summed E-state index contributed by atoms with van der Waals surface area (Å²) in [6.45, 7) is 1.50. The monoisotopic (exact) mass is 2220 g/mol. The first-order valence-electron chi connectivity index (χ1n) is 34.7.